The van der Waals surface area contributed by atoms with E-state index in [9.17, 15) is 4.79 Å². The van der Waals surface area contributed by atoms with Crippen LogP contribution in [0.2, 0.25) is 10.0 Å². The smallest absolute Gasteiger partial charge is 0.335 e. The lowest BCUT2D eigenvalue weighted by Crippen LogP contribution is -2.20. The SMILES string of the molecule is COC(=O)C1=C(c2ccc(Cl)c(Cl)c2)C[C@@H]2CC[C@H]1S2. The second kappa shape index (κ2) is 5.63. The van der Waals surface area contributed by atoms with Crippen molar-refractivity contribution >= 4 is 46.5 Å². The molecule has 1 saturated heterocycles. The largest absolute Gasteiger partial charge is 0.466 e. The van der Waals surface area contributed by atoms with E-state index in [2.05, 4.69) is 0 Å². The van der Waals surface area contributed by atoms with Gasteiger partial charge in [-0.05, 0) is 42.5 Å². The average Bonchev–Trinajstić information content (AvgIpc) is 2.82. The van der Waals surface area contributed by atoms with E-state index in [1.165, 1.54) is 7.11 Å². The number of allylic oxidation sites excluding steroid dienone is 1. The third kappa shape index (κ3) is 2.47. The van der Waals surface area contributed by atoms with E-state index in [0.29, 0.717) is 15.3 Å². The number of hydrogen-bond acceptors (Lipinski definition) is 3. The fourth-order valence-corrected chi connectivity index (χ4v) is 4.87. The molecule has 5 heteroatoms. The molecule has 0 aromatic heterocycles. The molecule has 2 nitrogen and oxygen atoms in total. The maximum absolute atomic E-state index is 12.1. The molecule has 0 radical (unpaired) electrons. The average molecular weight is 329 g/mol. The molecule has 0 spiro atoms. The van der Waals surface area contributed by atoms with Crippen molar-refractivity contribution in [1.29, 1.82) is 0 Å². The lowest BCUT2D eigenvalue weighted by molar-refractivity contribution is -0.136. The van der Waals surface area contributed by atoms with Crippen molar-refractivity contribution in [3.05, 3.63) is 39.4 Å². The van der Waals surface area contributed by atoms with Crippen LogP contribution in [-0.2, 0) is 9.53 Å². The quantitative estimate of drug-likeness (QED) is 0.743. The van der Waals surface area contributed by atoms with E-state index < -0.39 is 0 Å². The fourth-order valence-electron chi connectivity index (χ4n) is 2.92. The molecule has 1 aromatic rings. The summed E-state index contributed by atoms with van der Waals surface area (Å²) in [5.74, 6) is -0.219. The van der Waals surface area contributed by atoms with Gasteiger partial charge in [-0.3, -0.25) is 0 Å². The molecule has 0 N–H and O–H groups in total. The molecule has 20 heavy (non-hydrogen) atoms. The molecular weight excluding hydrogens is 315 g/mol. The number of ether oxygens (including phenoxy) is 1. The first-order valence-electron chi connectivity index (χ1n) is 6.52. The molecule has 106 valence electrons. The van der Waals surface area contributed by atoms with Crippen LogP contribution in [0, 0.1) is 0 Å². The van der Waals surface area contributed by atoms with E-state index in [-0.39, 0.29) is 11.2 Å². The Morgan fingerprint density at radius 1 is 1.30 bits per heavy atom. The standard InChI is InChI=1S/C15H14Cl2O2S/c1-19-15(18)14-10(7-9-3-5-13(14)20-9)8-2-4-11(16)12(17)6-8/h2,4,6,9,13H,3,5,7H2,1H3/t9-,13+/m0/s1. The maximum atomic E-state index is 12.1. The Kier molecular flexibility index (Phi) is 4.02. The van der Waals surface area contributed by atoms with Gasteiger partial charge >= 0.3 is 5.97 Å². The van der Waals surface area contributed by atoms with Gasteiger partial charge in [0.25, 0.3) is 0 Å². The zero-order valence-corrected chi connectivity index (χ0v) is 13.3. The van der Waals surface area contributed by atoms with Crippen molar-refractivity contribution in [3.8, 4) is 0 Å². The molecule has 0 aliphatic carbocycles. The van der Waals surface area contributed by atoms with Gasteiger partial charge in [0, 0.05) is 10.5 Å². The topological polar surface area (TPSA) is 26.3 Å². The summed E-state index contributed by atoms with van der Waals surface area (Å²) < 4.78 is 4.98. The highest BCUT2D eigenvalue weighted by Crippen LogP contribution is 2.49. The van der Waals surface area contributed by atoms with E-state index in [1.54, 1.807) is 6.07 Å². The Hall–Kier alpha value is -0.640. The summed E-state index contributed by atoms with van der Waals surface area (Å²) in [5.41, 5.74) is 2.86. The van der Waals surface area contributed by atoms with Crippen LogP contribution in [0.3, 0.4) is 0 Å². The summed E-state index contributed by atoms with van der Waals surface area (Å²) in [6.07, 6.45) is 3.09. The number of fused-ring (bicyclic) bond motifs is 2. The van der Waals surface area contributed by atoms with Crippen LogP contribution in [-0.4, -0.2) is 23.6 Å². The highest BCUT2D eigenvalue weighted by Gasteiger charge is 2.39. The lowest BCUT2D eigenvalue weighted by Gasteiger charge is -2.25. The number of benzene rings is 1. The van der Waals surface area contributed by atoms with E-state index in [1.807, 2.05) is 23.9 Å². The molecule has 3 rings (SSSR count). The summed E-state index contributed by atoms with van der Waals surface area (Å²) in [4.78, 5) is 12.1. The van der Waals surface area contributed by atoms with Crippen molar-refractivity contribution in [3.63, 3.8) is 0 Å². The first-order valence-corrected chi connectivity index (χ1v) is 8.22. The monoisotopic (exact) mass is 328 g/mol. The van der Waals surface area contributed by atoms with E-state index in [4.69, 9.17) is 27.9 Å². The lowest BCUT2D eigenvalue weighted by atomic mass is 9.95. The van der Waals surface area contributed by atoms with Crippen LogP contribution < -0.4 is 0 Å². The molecule has 2 aliphatic rings. The molecular formula is C15H14Cl2O2S. The zero-order valence-electron chi connectivity index (χ0n) is 11.0. The van der Waals surface area contributed by atoms with Gasteiger partial charge in [0.15, 0.2) is 0 Å². The predicted octanol–water partition coefficient (Wildman–Crippen LogP) is 4.59. The molecule has 2 heterocycles. The molecule has 2 aliphatic heterocycles. The highest BCUT2D eigenvalue weighted by molar-refractivity contribution is 8.01. The Bertz CT molecular complexity index is 598. The van der Waals surface area contributed by atoms with Gasteiger partial charge in [0.1, 0.15) is 0 Å². The van der Waals surface area contributed by atoms with Crippen LogP contribution in [0.1, 0.15) is 24.8 Å². The Balaban J connectivity index is 2.10. The van der Waals surface area contributed by atoms with Crippen LogP contribution in [0.25, 0.3) is 5.57 Å². The second-order valence-electron chi connectivity index (χ2n) is 5.04. The van der Waals surface area contributed by atoms with Crippen molar-refractivity contribution in [1.82, 2.24) is 0 Å². The van der Waals surface area contributed by atoms with Gasteiger partial charge in [0.05, 0.1) is 22.7 Å². The number of esters is 1. The van der Waals surface area contributed by atoms with Crippen molar-refractivity contribution in [2.45, 2.75) is 29.8 Å². The second-order valence-corrected chi connectivity index (χ2v) is 7.36. The summed E-state index contributed by atoms with van der Waals surface area (Å²) in [5, 5.41) is 1.90. The van der Waals surface area contributed by atoms with Crippen LogP contribution in [0.4, 0.5) is 0 Å². The molecule has 0 unspecified atom stereocenters. The van der Waals surface area contributed by atoms with Gasteiger partial charge in [0.2, 0.25) is 0 Å². The number of thioether (sulfide) groups is 1. The molecule has 2 bridgehead atoms. The maximum Gasteiger partial charge on any atom is 0.335 e. The van der Waals surface area contributed by atoms with Crippen molar-refractivity contribution in [2.75, 3.05) is 7.11 Å². The van der Waals surface area contributed by atoms with Crippen LogP contribution >= 0.6 is 35.0 Å². The first kappa shape index (κ1) is 14.3. The normalized spacial score (nSPS) is 24.9. The van der Waals surface area contributed by atoms with Gasteiger partial charge in [-0.2, -0.15) is 0 Å². The number of rotatable bonds is 2. The molecule has 1 aromatic carbocycles. The summed E-state index contributed by atoms with van der Waals surface area (Å²) >= 11 is 14.0. The summed E-state index contributed by atoms with van der Waals surface area (Å²) in [6.45, 7) is 0. The van der Waals surface area contributed by atoms with Crippen molar-refractivity contribution in [2.24, 2.45) is 0 Å². The third-order valence-corrected chi connectivity index (χ3v) is 6.19. The van der Waals surface area contributed by atoms with Crippen molar-refractivity contribution < 1.29 is 9.53 Å². The zero-order chi connectivity index (χ0) is 14.3. The minimum atomic E-state index is -0.219. The summed E-state index contributed by atoms with van der Waals surface area (Å²) in [6, 6.07) is 5.56. The van der Waals surface area contributed by atoms with Gasteiger partial charge in [-0.1, -0.05) is 29.3 Å². The number of hydrogen-bond donors (Lipinski definition) is 0. The highest BCUT2D eigenvalue weighted by atomic mass is 35.5. The minimum Gasteiger partial charge on any atom is -0.466 e. The van der Waals surface area contributed by atoms with Gasteiger partial charge in [-0.15, -0.1) is 11.8 Å². The minimum absolute atomic E-state index is 0.219. The number of carbonyl (C=O) groups is 1. The number of carbonyl (C=O) groups excluding carboxylic acids is 1. The molecule has 2 atom stereocenters. The number of halogens is 2. The Morgan fingerprint density at radius 3 is 2.80 bits per heavy atom. The van der Waals surface area contributed by atoms with E-state index in [0.717, 1.165) is 36.0 Å². The predicted molar refractivity (Wildman–Crippen MR) is 84.4 cm³/mol. The van der Waals surface area contributed by atoms with E-state index >= 15 is 0 Å². The van der Waals surface area contributed by atoms with Crippen LogP contribution in [0.15, 0.2) is 23.8 Å². The summed E-state index contributed by atoms with van der Waals surface area (Å²) in [7, 11) is 1.44. The number of methoxy groups -OCH3 is 1. The molecule has 1 fully saturated rings. The molecule has 0 amide bonds. The third-order valence-electron chi connectivity index (χ3n) is 3.86. The van der Waals surface area contributed by atoms with Gasteiger partial charge in [-0.25, -0.2) is 4.79 Å². The fraction of sp³-hybridized carbons (Fsp3) is 0.400. The Labute approximate surface area is 132 Å². The first-order chi connectivity index (χ1) is 9.60. The Morgan fingerprint density at radius 2 is 2.10 bits per heavy atom. The molecule has 0 saturated carbocycles. The van der Waals surface area contributed by atoms with Crippen LogP contribution in [0.5, 0.6) is 0 Å². The van der Waals surface area contributed by atoms with Gasteiger partial charge < -0.3 is 4.74 Å².